The zero-order chi connectivity index (χ0) is 16.2. The van der Waals surface area contributed by atoms with Crippen molar-refractivity contribution < 1.29 is 13.7 Å². The van der Waals surface area contributed by atoms with Crippen molar-refractivity contribution >= 4 is 11.7 Å². The van der Waals surface area contributed by atoms with E-state index in [1.165, 1.54) is 12.1 Å². The normalized spacial score (nSPS) is 10.5. The molecule has 5 nitrogen and oxygen atoms in total. The molecule has 0 aliphatic heterocycles. The number of benzene rings is 1. The summed E-state index contributed by atoms with van der Waals surface area (Å²) < 4.78 is 18.0. The van der Waals surface area contributed by atoms with Crippen molar-refractivity contribution in [2.24, 2.45) is 0 Å². The first-order valence-electron chi connectivity index (χ1n) is 7.04. The van der Waals surface area contributed by atoms with E-state index in [9.17, 15) is 9.18 Å². The van der Waals surface area contributed by atoms with Gasteiger partial charge in [-0.2, -0.15) is 0 Å². The molecule has 0 saturated carbocycles. The molecule has 0 atom stereocenters. The van der Waals surface area contributed by atoms with Crippen LogP contribution in [0, 0.1) is 12.7 Å². The summed E-state index contributed by atoms with van der Waals surface area (Å²) in [6.45, 7) is 1.71. The standard InChI is InChI=1S/C17H14FN3O2/c1-11-7-15(21-23-11)17(22)20-16-6-5-13(10-19-16)8-12-3-2-4-14(18)9-12/h2-7,9-10H,8H2,1H3,(H,19,20,22). The lowest BCUT2D eigenvalue weighted by Gasteiger charge is -2.05. The van der Waals surface area contributed by atoms with Gasteiger partial charge < -0.3 is 9.84 Å². The number of carbonyl (C=O) groups is 1. The Bertz CT molecular complexity index is 828. The van der Waals surface area contributed by atoms with Gasteiger partial charge >= 0.3 is 0 Å². The third-order valence-corrected chi connectivity index (χ3v) is 3.22. The van der Waals surface area contributed by atoms with Gasteiger partial charge in [0.25, 0.3) is 5.91 Å². The number of anilines is 1. The first-order valence-corrected chi connectivity index (χ1v) is 7.04. The van der Waals surface area contributed by atoms with Crippen LogP contribution in [0.2, 0.25) is 0 Å². The number of aromatic nitrogens is 2. The third kappa shape index (κ3) is 3.79. The smallest absolute Gasteiger partial charge is 0.279 e. The van der Waals surface area contributed by atoms with E-state index in [1.807, 2.05) is 12.1 Å². The lowest BCUT2D eigenvalue weighted by molar-refractivity contribution is 0.101. The van der Waals surface area contributed by atoms with Crippen molar-refractivity contribution in [1.82, 2.24) is 10.1 Å². The van der Waals surface area contributed by atoms with Crippen LogP contribution >= 0.6 is 0 Å². The Morgan fingerprint density at radius 3 is 2.74 bits per heavy atom. The molecule has 2 heterocycles. The molecule has 0 aliphatic carbocycles. The summed E-state index contributed by atoms with van der Waals surface area (Å²) in [5, 5.41) is 6.28. The Balaban J connectivity index is 1.66. The predicted molar refractivity (Wildman–Crippen MR) is 82.6 cm³/mol. The number of hydrogen-bond donors (Lipinski definition) is 1. The van der Waals surface area contributed by atoms with Crippen molar-refractivity contribution in [2.45, 2.75) is 13.3 Å². The Hall–Kier alpha value is -3.02. The van der Waals surface area contributed by atoms with Crippen molar-refractivity contribution in [2.75, 3.05) is 5.32 Å². The molecule has 0 unspecified atom stereocenters. The Labute approximate surface area is 132 Å². The summed E-state index contributed by atoms with van der Waals surface area (Å²) in [7, 11) is 0. The minimum absolute atomic E-state index is 0.202. The lowest BCUT2D eigenvalue weighted by atomic mass is 10.1. The number of pyridine rings is 1. The van der Waals surface area contributed by atoms with Crippen molar-refractivity contribution in [3.05, 3.63) is 77.1 Å². The maximum atomic E-state index is 13.2. The maximum absolute atomic E-state index is 13.2. The van der Waals surface area contributed by atoms with E-state index in [-0.39, 0.29) is 17.4 Å². The van der Waals surface area contributed by atoms with Crippen LogP contribution in [0.1, 0.15) is 27.4 Å². The number of nitrogens with zero attached hydrogens (tertiary/aromatic N) is 2. The molecule has 116 valence electrons. The Morgan fingerprint density at radius 1 is 1.22 bits per heavy atom. The first-order chi connectivity index (χ1) is 11.1. The second-order valence-electron chi connectivity index (χ2n) is 5.14. The highest BCUT2D eigenvalue weighted by Crippen LogP contribution is 2.13. The fourth-order valence-electron chi connectivity index (χ4n) is 2.14. The maximum Gasteiger partial charge on any atom is 0.279 e. The molecule has 0 radical (unpaired) electrons. The van der Waals surface area contributed by atoms with Gasteiger partial charge in [0.15, 0.2) is 5.69 Å². The number of hydrogen-bond acceptors (Lipinski definition) is 4. The Morgan fingerprint density at radius 2 is 2.09 bits per heavy atom. The van der Waals surface area contributed by atoms with Crippen molar-refractivity contribution in [3.63, 3.8) is 0 Å². The summed E-state index contributed by atoms with van der Waals surface area (Å²) >= 11 is 0. The van der Waals surface area contributed by atoms with Crippen LogP contribution in [0.4, 0.5) is 10.2 Å². The van der Waals surface area contributed by atoms with E-state index < -0.39 is 0 Å². The van der Waals surface area contributed by atoms with Gasteiger partial charge in [-0.1, -0.05) is 23.4 Å². The molecule has 0 saturated heterocycles. The summed E-state index contributed by atoms with van der Waals surface area (Å²) in [5.41, 5.74) is 1.99. The molecular formula is C17H14FN3O2. The number of nitrogens with one attached hydrogen (secondary N) is 1. The van der Waals surface area contributed by atoms with E-state index in [0.717, 1.165) is 11.1 Å². The van der Waals surface area contributed by atoms with Crippen LogP contribution in [0.5, 0.6) is 0 Å². The monoisotopic (exact) mass is 311 g/mol. The van der Waals surface area contributed by atoms with Gasteiger partial charge in [0, 0.05) is 12.3 Å². The molecular weight excluding hydrogens is 297 g/mol. The van der Waals surface area contributed by atoms with Gasteiger partial charge in [0.1, 0.15) is 17.4 Å². The molecule has 1 aromatic carbocycles. The zero-order valence-electron chi connectivity index (χ0n) is 12.4. The molecule has 0 bridgehead atoms. The number of rotatable bonds is 4. The topological polar surface area (TPSA) is 68.0 Å². The van der Waals surface area contributed by atoms with Gasteiger partial charge in [0.2, 0.25) is 0 Å². The number of aryl methyl sites for hydroxylation is 1. The quantitative estimate of drug-likeness (QED) is 0.802. The molecule has 6 heteroatoms. The zero-order valence-corrected chi connectivity index (χ0v) is 12.4. The van der Waals surface area contributed by atoms with Gasteiger partial charge in [-0.05, 0) is 42.7 Å². The van der Waals surface area contributed by atoms with Crippen LogP contribution in [0.15, 0.2) is 53.2 Å². The average molecular weight is 311 g/mol. The van der Waals surface area contributed by atoms with Crippen molar-refractivity contribution in [1.29, 1.82) is 0 Å². The second-order valence-corrected chi connectivity index (χ2v) is 5.14. The molecule has 0 spiro atoms. The highest BCUT2D eigenvalue weighted by molar-refractivity contribution is 6.02. The van der Waals surface area contributed by atoms with Crippen LogP contribution in [0.3, 0.4) is 0 Å². The largest absolute Gasteiger partial charge is 0.361 e. The second kappa shape index (κ2) is 6.39. The number of carbonyl (C=O) groups excluding carboxylic acids is 1. The van der Waals surface area contributed by atoms with Crippen LogP contribution in [0.25, 0.3) is 0 Å². The summed E-state index contributed by atoms with van der Waals surface area (Å²) in [4.78, 5) is 16.1. The summed E-state index contributed by atoms with van der Waals surface area (Å²) in [6, 6.07) is 11.5. The summed E-state index contributed by atoms with van der Waals surface area (Å²) in [5.74, 6) is 0.335. The van der Waals surface area contributed by atoms with E-state index in [4.69, 9.17) is 4.52 Å². The van der Waals surface area contributed by atoms with E-state index >= 15 is 0 Å². The Kier molecular flexibility index (Phi) is 4.14. The highest BCUT2D eigenvalue weighted by Gasteiger charge is 2.11. The van der Waals surface area contributed by atoms with Gasteiger partial charge in [-0.15, -0.1) is 0 Å². The van der Waals surface area contributed by atoms with Crippen LogP contribution in [-0.4, -0.2) is 16.0 Å². The SMILES string of the molecule is Cc1cc(C(=O)Nc2ccc(Cc3cccc(F)c3)cn2)no1. The molecule has 3 rings (SSSR count). The molecule has 1 N–H and O–H groups in total. The molecule has 1 amide bonds. The van der Waals surface area contributed by atoms with Gasteiger partial charge in [-0.25, -0.2) is 9.37 Å². The minimum atomic E-state index is -0.382. The van der Waals surface area contributed by atoms with Gasteiger partial charge in [0.05, 0.1) is 0 Å². The fraction of sp³-hybridized carbons (Fsp3) is 0.118. The molecule has 3 aromatic rings. The van der Waals surface area contributed by atoms with E-state index in [2.05, 4.69) is 15.5 Å². The van der Waals surface area contributed by atoms with E-state index in [1.54, 1.807) is 31.3 Å². The lowest BCUT2D eigenvalue weighted by Crippen LogP contribution is -2.13. The number of amides is 1. The van der Waals surface area contributed by atoms with Crippen molar-refractivity contribution in [3.8, 4) is 0 Å². The molecule has 0 aliphatic rings. The van der Waals surface area contributed by atoms with Crippen LogP contribution in [-0.2, 0) is 6.42 Å². The number of halogens is 1. The predicted octanol–water partition coefficient (Wildman–Crippen LogP) is 3.36. The highest BCUT2D eigenvalue weighted by atomic mass is 19.1. The fourth-order valence-corrected chi connectivity index (χ4v) is 2.14. The summed E-state index contributed by atoms with van der Waals surface area (Å²) in [6.07, 6.45) is 2.22. The molecule has 0 fully saturated rings. The molecule has 23 heavy (non-hydrogen) atoms. The van der Waals surface area contributed by atoms with Gasteiger partial charge in [-0.3, -0.25) is 4.79 Å². The first kappa shape index (κ1) is 14.9. The molecule has 2 aromatic heterocycles. The third-order valence-electron chi connectivity index (χ3n) is 3.22. The minimum Gasteiger partial charge on any atom is -0.361 e. The van der Waals surface area contributed by atoms with E-state index in [0.29, 0.717) is 18.0 Å². The average Bonchev–Trinajstić information content (AvgIpc) is 2.96. The van der Waals surface area contributed by atoms with Crippen LogP contribution < -0.4 is 5.32 Å².